The van der Waals surface area contributed by atoms with Crippen molar-refractivity contribution < 1.29 is 14.4 Å². The van der Waals surface area contributed by atoms with Crippen LogP contribution in [0, 0.1) is 0 Å². The average Bonchev–Trinajstić information content (AvgIpc) is 2.28. The second kappa shape index (κ2) is 5.92. The van der Waals surface area contributed by atoms with E-state index in [2.05, 4.69) is 5.32 Å². The fourth-order valence-electron chi connectivity index (χ4n) is 1.33. The lowest BCUT2D eigenvalue weighted by Crippen LogP contribution is -2.38. The molecule has 1 aromatic rings. The molecule has 0 saturated heterocycles. The number of ketones is 1. The summed E-state index contributed by atoms with van der Waals surface area (Å²) in [5.74, 6) is -1.19. The minimum absolute atomic E-state index is 0.0571. The van der Waals surface area contributed by atoms with Crippen LogP contribution in [0.2, 0.25) is 0 Å². The van der Waals surface area contributed by atoms with Gasteiger partial charge >= 0.3 is 0 Å². The molecule has 18 heavy (non-hydrogen) atoms. The molecule has 6 heteroatoms. The predicted octanol–water partition coefficient (Wildman–Crippen LogP) is 0.0304. The summed E-state index contributed by atoms with van der Waals surface area (Å²) in [4.78, 5) is 33.2. The molecule has 0 aliphatic rings. The second-order valence-corrected chi connectivity index (χ2v) is 3.90. The first-order valence-electron chi connectivity index (χ1n) is 5.36. The average molecular weight is 249 g/mol. The first kappa shape index (κ1) is 13.9. The lowest BCUT2D eigenvalue weighted by Gasteiger charge is -2.10. The van der Waals surface area contributed by atoms with Gasteiger partial charge in [-0.25, -0.2) is 0 Å². The number of carbonyl (C=O) groups excluding carboxylic acids is 3. The first-order chi connectivity index (χ1) is 8.40. The van der Waals surface area contributed by atoms with Crippen LogP contribution in [0.4, 0.5) is 5.69 Å². The number of nitrogens with one attached hydrogen (secondary N) is 1. The molecular weight excluding hydrogens is 234 g/mol. The Morgan fingerprint density at radius 1 is 1.22 bits per heavy atom. The van der Waals surface area contributed by atoms with E-state index in [9.17, 15) is 14.4 Å². The molecule has 2 amide bonds. The first-order valence-corrected chi connectivity index (χ1v) is 5.36. The summed E-state index contributed by atoms with van der Waals surface area (Å²) in [6.45, 7) is 1.45. The fraction of sp³-hybridized carbons (Fsp3) is 0.250. The van der Waals surface area contributed by atoms with Gasteiger partial charge in [0.15, 0.2) is 5.78 Å². The van der Waals surface area contributed by atoms with Crippen LogP contribution in [-0.4, -0.2) is 23.6 Å². The van der Waals surface area contributed by atoms with Crippen LogP contribution in [0.1, 0.15) is 23.7 Å². The van der Waals surface area contributed by atoms with E-state index < -0.39 is 17.9 Å². The molecule has 1 aromatic carbocycles. The topological polar surface area (TPSA) is 115 Å². The van der Waals surface area contributed by atoms with E-state index in [1.165, 1.54) is 6.92 Å². The number of primary amides is 1. The molecule has 0 aliphatic heterocycles. The Balaban J connectivity index is 2.64. The Bertz CT molecular complexity index is 468. The molecule has 6 nitrogen and oxygen atoms in total. The van der Waals surface area contributed by atoms with Crippen LogP contribution in [0.15, 0.2) is 24.3 Å². The van der Waals surface area contributed by atoms with Crippen LogP contribution in [-0.2, 0) is 9.59 Å². The highest BCUT2D eigenvalue weighted by Crippen LogP contribution is 2.10. The highest BCUT2D eigenvalue weighted by atomic mass is 16.2. The van der Waals surface area contributed by atoms with Crippen molar-refractivity contribution in [1.29, 1.82) is 0 Å². The summed E-state index contributed by atoms with van der Waals surface area (Å²) in [6, 6.07) is 5.39. The van der Waals surface area contributed by atoms with Gasteiger partial charge in [-0.15, -0.1) is 0 Å². The van der Waals surface area contributed by atoms with Crippen molar-refractivity contribution in [2.75, 3.05) is 5.32 Å². The number of hydrogen-bond acceptors (Lipinski definition) is 4. The van der Waals surface area contributed by atoms with Crippen LogP contribution >= 0.6 is 0 Å². The zero-order valence-corrected chi connectivity index (χ0v) is 9.97. The quantitative estimate of drug-likeness (QED) is 0.638. The number of hydrogen-bond donors (Lipinski definition) is 3. The van der Waals surface area contributed by atoms with Crippen molar-refractivity contribution in [3.8, 4) is 0 Å². The number of carbonyl (C=O) groups is 3. The molecule has 96 valence electrons. The number of amides is 2. The Kier molecular flexibility index (Phi) is 4.56. The molecule has 1 unspecified atom stereocenters. The molecule has 0 fully saturated rings. The molecule has 0 radical (unpaired) electrons. The minimum Gasteiger partial charge on any atom is -0.370 e. The van der Waals surface area contributed by atoms with Crippen molar-refractivity contribution in [3.05, 3.63) is 29.8 Å². The van der Waals surface area contributed by atoms with Crippen molar-refractivity contribution in [1.82, 2.24) is 0 Å². The Labute approximate surface area is 104 Å². The van der Waals surface area contributed by atoms with Crippen LogP contribution in [0.5, 0.6) is 0 Å². The fourth-order valence-corrected chi connectivity index (χ4v) is 1.33. The van der Waals surface area contributed by atoms with Gasteiger partial charge < -0.3 is 16.8 Å². The van der Waals surface area contributed by atoms with Gasteiger partial charge in [0.2, 0.25) is 11.8 Å². The molecule has 0 bridgehead atoms. The number of rotatable bonds is 5. The standard InChI is InChI=1S/C12H15N3O3/c1-7(16)8-2-4-9(5-3-8)15-12(18)10(13)6-11(14)17/h2-5,10H,6,13H2,1H3,(H2,14,17)(H,15,18). The van der Waals surface area contributed by atoms with Crippen molar-refractivity contribution in [2.24, 2.45) is 11.5 Å². The maximum absolute atomic E-state index is 11.6. The van der Waals surface area contributed by atoms with Gasteiger partial charge in [0.25, 0.3) is 0 Å². The largest absolute Gasteiger partial charge is 0.370 e. The maximum atomic E-state index is 11.6. The van der Waals surface area contributed by atoms with Gasteiger partial charge in [-0.1, -0.05) is 0 Å². The maximum Gasteiger partial charge on any atom is 0.241 e. The van der Waals surface area contributed by atoms with E-state index in [1.54, 1.807) is 24.3 Å². The highest BCUT2D eigenvalue weighted by Gasteiger charge is 2.15. The van der Waals surface area contributed by atoms with E-state index >= 15 is 0 Å². The Morgan fingerprint density at radius 3 is 2.22 bits per heavy atom. The highest BCUT2D eigenvalue weighted by molar-refractivity contribution is 5.98. The number of anilines is 1. The molecule has 0 aliphatic carbocycles. The van der Waals surface area contributed by atoms with Gasteiger partial charge in [0.05, 0.1) is 12.5 Å². The summed E-state index contributed by atoms with van der Waals surface area (Å²) < 4.78 is 0. The van der Waals surface area contributed by atoms with E-state index in [-0.39, 0.29) is 12.2 Å². The Morgan fingerprint density at radius 2 is 1.78 bits per heavy atom. The molecule has 5 N–H and O–H groups in total. The third kappa shape index (κ3) is 3.99. The Hall–Kier alpha value is -2.21. The number of benzene rings is 1. The normalized spacial score (nSPS) is 11.7. The lowest BCUT2D eigenvalue weighted by molar-refractivity contribution is -0.123. The van der Waals surface area contributed by atoms with Gasteiger partial charge in [-0.05, 0) is 31.2 Å². The van der Waals surface area contributed by atoms with Gasteiger partial charge in [-0.3, -0.25) is 14.4 Å². The molecule has 0 heterocycles. The van der Waals surface area contributed by atoms with Crippen LogP contribution < -0.4 is 16.8 Å². The van der Waals surface area contributed by atoms with E-state index in [4.69, 9.17) is 11.5 Å². The monoisotopic (exact) mass is 249 g/mol. The van der Waals surface area contributed by atoms with E-state index in [0.29, 0.717) is 11.3 Å². The number of Topliss-reactive ketones (excluding diaryl/α,β-unsaturated/α-hetero) is 1. The second-order valence-electron chi connectivity index (χ2n) is 3.90. The van der Waals surface area contributed by atoms with Crippen molar-refractivity contribution in [2.45, 2.75) is 19.4 Å². The van der Waals surface area contributed by atoms with E-state index in [0.717, 1.165) is 0 Å². The van der Waals surface area contributed by atoms with Crippen LogP contribution in [0.3, 0.4) is 0 Å². The molecule has 1 atom stereocenters. The third-order valence-electron chi connectivity index (χ3n) is 2.32. The SMILES string of the molecule is CC(=O)c1ccc(NC(=O)C(N)CC(N)=O)cc1. The molecule has 0 aromatic heterocycles. The summed E-state index contributed by atoms with van der Waals surface area (Å²) in [5, 5.41) is 2.53. The molecular formula is C12H15N3O3. The molecule has 0 saturated carbocycles. The smallest absolute Gasteiger partial charge is 0.241 e. The van der Waals surface area contributed by atoms with Gasteiger partial charge in [0.1, 0.15) is 0 Å². The van der Waals surface area contributed by atoms with Gasteiger partial charge in [0, 0.05) is 11.3 Å². The summed E-state index contributed by atoms with van der Waals surface area (Å²) in [7, 11) is 0. The van der Waals surface area contributed by atoms with Crippen LogP contribution in [0.25, 0.3) is 0 Å². The summed E-state index contributed by atoms with van der Waals surface area (Å²) in [5.41, 5.74) is 11.5. The third-order valence-corrected chi connectivity index (χ3v) is 2.32. The molecule has 0 spiro atoms. The van der Waals surface area contributed by atoms with Gasteiger partial charge in [-0.2, -0.15) is 0 Å². The minimum atomic E-state index is -0.977. The van der Waals surface area contributed by atoms with E-state index in [1.807, 2.05) is 0 Å². The predicted molar refractivity (Wildman–Crippen MR) is 66.9 cm³/mol. The summed E-state index contributed by atoms with van der Waals surface area (Å²) >= 11 is 0. The lowest BCUT2D eigenvalue weighted by atomic mass is 10.1. The molecule has 1 rings (SSSR count). The zero-order valence-electron chi connectivity index (χ0n) is 9.97. The summed E-state index contributed by atoms with van der Waals surface area (Å²) in [6.07, 6.45) is -0.211. The zero-order chi connectivity index (χ0) is 13.7. The van der Waals surface area contributed by atoms with Crippen molar-refractivity contribution in [3.63, 3.8) is 0 Å². The number of nitrogens with two attached hydrogens (primary N) is 2. The van der Waals surface area contributed by atoms with Crippen molar-refractivity contribution >= 4 is 23.3 Å².